The maximum absolute atomic E-state index is 13.9. The topological polar surface area (TPSA) is 70.7 Å². The Morgan fingerprint density at radius 3 is 1.72 bits per heavy atom. The Balaban J connectivity index is 0.000000685. The maximum Gasteiger partial charge on any atom is 1.00 e. The normalized spacial score (nSPS) is 11.1. The Hall–Kier alpha value is -1.55. The number of hydrogen-bond acceptors (Lipinski definition) is 5. The van der Waals surface area contributed by atoms with Gasteiger partial charge in [0, 0.05) is 27.2 Å². The Kier molecular flexibility index (Phi) is 17.2. The summed E-state index contributed by atoms with van der Waals surface area (Å²) < 4.78 is 78.8. The molecule has 0 amide bonds. The number of fused-ring (bicyclic) bond motifs is 2. The summed E-state index contributed by atoms with van der Waals surface area (Å²) in [5.41, 5.74) is 1.45. The fraction of sp³-hybridized carbons (Fsp3) is 0.379. The molecule has 0 fully saturated rings. The van der Waals surface area contributed by atoms with E-state index in [1.54, 1.807) is 26.0 Å². The summed E-state index contributed by atoms with van der Waals surface area (Å²) in [5.74, 6) is -1.34. The standard InChI is InChI=1S/C13H16BrFN2O.C11H10BrF3N2.C4H2Cl2N2.CH3F.Na.H/c1-7(2)17-11-6-9(14)5-10(15)12(11)16-13(17)18-8(3)4;1-5(2)17-8-4-6(12)3-7(13)9(8)16-11(17)10(14)15;5-3-1-2-7-4(6)8-3;1-2;;/h5-8H,1-4H3;3-5,10H,1-2H3;1-2H;1H3;;/q;;;;+1;-1/i;;;1D;;. The van der Waals surface area contributed by atoms with E-state index < -0.39 is 25.2 Å². The minimum Gasteiger partial charge on any atom is -1.00 e. The van der Waals surface area contributed by atoms with Gasteiger partial charge in [-0.05, 0) is 83.5 Å². The second-order valence-corrected chi connectivity index (χ2v) is 12.5. The first kappa shape index (κ1) is 40.6. The number of rotatable bonds is 5. The Morgan fingerprint density at radius 2 is 1.33 bits per heavy atom. The fourth-order valence-corrected chi connectivity index (χ4v) is 5.20. The van der Waals surface area contributed by atoms with E-state index in [2.05, 4.69) is 51.8 Å². The van der Waals surface area contributed by atoms with Crippen molar-refractivity contribution >= 4 is 77.1 Å². The molecule has 0 spiro atoms. The van der Waals surface area contributed by atoms with E-state index in [0.717, 1.165) is 5.52 Å². The van der Waals surface area contributed by atoms with E-state index in [-0.39, 0.29) is 65.8 Å². The van der Waals surface area contributed by atoms with Gasteiger partial charge in [-0.25, -0.2) is 32.5 Å². The van der Waals surface area contributed by atoms with Crippen LogP contribution in [0.4, 0.5) is 22.0 Å². The Morgan fingerprint density at radius 1 is 0.848 bits per heavy atom. The van der Waals surface area contributed by atoms with E-state index in [0.29, 0.717) is 31.1 Å². The van der Waals surface area contributed by atoms with E-state index in [1.165, 1.54) is 22.9 Å². The summed E-state index contributed by atoms with van der Waals surface area (Å²) >= 11 is 17.2. The minimum atomic E-state index is -2.72. The zero-order chi connectivity index (χ0) is 34.9. The van der Waals surface area contributed by atoms with Crippen molar-refractivity contribution in [3.05, 3.63) is 73.4 Å². The predicted octanol–water partition coefficient (Wildman–Crippen LogP) is 8.25. The third-order valence-electron chi connectivity index (χ3n) is 5.58. The molecule has 46 heavy (non-hydrogen) atoms. The first-order valence-electron chi connectivity index (χ1n) is 13.9. The van der Waals surface area contributed by atoms with Gasteiger partial charge in [0.1, 0.15) is 16.2 Å². The van der Waals surface area contributed by atoms with Gasteiger partial charge in [-0.3, -0.25) is 8.96 Å². The van der Waals surface area contributed by atoms with Gasteiger partial charge in [0.2, 0.25) is 5.28 Å². The maximum atomic E-state index is 13.9. The van der Waals surface area contributed by atoms with Crippen molar-refractivity contribution in [3.63, 3.8) is 0 Å². The zero-order valence-corrected chi connectivity index (χ0v) is 32.7. The van der Waals surface area contributed by atoms with Gasteiger partial charge in [-0.1, -0.05) is 43.5 Å². The molecule has 0 aliphatic carbocycles. The summed E-state index contributed by atoms with van der Waals surface area (Å²) in [6.07, 6.45) is -1.22. The number of nitrogens with zero attached hydrogens (tertiary/aromatic N) is 6. The molecule has 2 aromatic carbocycles. The van der Waals surface area contributed by atoms with Crippen molar-refractivity contribution in [1.29, 1.82) is 0 Å². The van der Waals surface area contributed by atoms with Crippen molar-refractivity contribution < 1.29 is 59.0 Å². The fourth-order valence-electron chi connectivity index (χ4n) is 4.04. The molecule has 0 N–H and O–H groups in total. The third-order valence-corrected chi connectivity index (χ3v) is 6.89. The van der Waals surface area contributed by atoms with Gasteiger partial charge in [-0.2, -0.15) is 4.98 Å². The second kappa shape index (κ2) is 19.4. The first-order valence-corrected chi connectivity index (χ1v) is 15.5. The summed E-state index contributed by atoms with van der Waals surface area (Å²) in [4.78, 5) is 15.2. The van der Waals surface area contributed by atoms with E-state index in [1.807, 2.05) is 38.3 Å². The zero-order valence-electron chi connectivity index (χ0n) is 28.0. The molecule has 3 heterocycles. The van der Waals surface area contributed by atoms with Crippen LogP contribution >= 0.6 is 55.1 Å². The van der Waals surface area contributed by atoms with Gasteiger partial charge < -0.3 is 10.7 Å². The minimum absolute atomic E-state index is 0. The van der Waals surface area contributed by atoms with E-state index in [4.69, 9.17) is 29.3 Å². The van der Waals surface area contributed by atoms with Gasteiger partial charge in [0.25, 0.3) is 12.4 Å². The number of hydrogen-bond donors (Lipinski definition) is 0. The van der Waals surface area contributed by atoms with Gasteiger partial charge in [0.05, 0.1) is 25.7 Å². The average Bonchev–Trinajstić information content (AvgIpc) is 3.48. The van der Waals surface area contributed by atoms with Crippen LogP contribution in [0, 0.1) is 11.6 Å². The van der Waals surface area contributed by atoms with E-state index >= 15 is 0 Å². The Bertz CT molecular complexity index is 1730. The molecule has 248 valence electrons. The molecule has 5 rings (SSSR count). The number of alkyl halides is 3. The molecule has 7 nitrogen and oxygen atoms in total. The van der Waals surface area contributed by atoms with E-state index in [9.17, 15) is 22.0 Å². The van der Waals surface area contributed by atoms with Crippen LogP contribution in [0.25, 0.3) is 22.1 Å². The molecular weight excluding hydrogens is 797 g/mol. The molecular formula is C29H32Br2Cl2F5N6NaO. The van der Waals surface area contributed by atoms with Crippen LogP contribution in [-0.4, -0.2) is 42.3 Å². The Labute approximate surface area is 315 Å². The van der Waals surface area contributed by atoms with Crippen LogP contribution in [0.15, 0.2) is 45.5 Å². The first-order chi connectivity index (χ1) is 21.5. The molecule has 0 saturated carbocycles. The summed E-state index contributed by atoms with van der Waals surface area (Å²) in [6, 6.07) is 8.06. The van der Waals surface area contributed by atoms with Crippen molar-refractivity contribution in [1.82, 2.24) is 29.1 Å². The molecule has 0 radical (unpaired) electrons. The SMILES string of the molecule is CC(C)Oc1nc2c(F)cc(Br)cc2n1C(C)C.CC(C)n1c(C(F)F)nc2c(F)cc(Br)cc21.Clc1ccnc(Cl)n1.[2H]CF.[H-].[Na+]. The van der Waals surface area contributed by atoms with Crippen molar-refractivity contribution in [3.8, 4) is 6.01 Å². The molecule has 0 bridgehead atoms. The van der Waals surface area contributed by atoms with Crippen LogP contribution in [0.1, 0.15) is 68.7 Å². The molecule has 0 saturated heterocycles. The van der Waals surface area contributed by atoms with Gasteiger partial charge in [-0.15, -0.1) is 0 Å². The second-order valence-electron chi connectivity index (χ2n) is 9.92. The summed E-state index contributed by atoms with van der Waals surface area (Å²) in [6.45, 7) is 11.4. The number of aromatic nitrogens is 6. The van der Waals surface area contributed by atoms with Crippen molar-refractivity contribution in [2.45, 2.75) is 66.2 Å². The monoisotopic (exact) mass is 827 g/mol. The summed E-state index contributed by atoms with van der Waals surface area (Å²) in [7, 11) is -1.00. The largest absolute Gasteiger partial charge is 1.00 e. The van der Waals surface area contributed by atoms with Gasteiger partial charge in [0.15, 0.2) is 17.5 Å². The molecule has 17 heteroatoms. The summed E-state index contributed by atoms with van der Waals surface area (Å²) in [5, 5.41) is 0.544. The van der Waals surface area contributed by atoms with Crippen LogP contribution in [0.5, 0.6) is 6.01 Å². The molecule has 0 aliphatic heterocycles. The number of benzene rings is 2. The predicted molar refractivity (Wildman–Crippen MR) is 176 cm³/mol. The van der Waals surface area contributed by atoms with Crippen LogP contribution in [-0.2, 0) is 0 Å². The molecule has 0 aliphatic rings. The molecule has 3 aromatic heterocycles. The number of halogens is 9. The smallest absolute Gasteiger partial charge is 1.00 e. The van der Waals surface area contributed by atoms with Crippen molar-refractivity contribution in [2.24, 2.45) is 0 Å². The van der Waals surface area contributed by atoms with Crippen LogP contribution in [0.2, 0.25) is 10.4 Å². The van der Waals surface area contributed by atoms with Crippen LogP contribution < -0.4 is 34.3 Å². The van der Waals surface area contributed by atoms with Gasteiger partial charge >= 0.3 is 29.6 Å². The number of imidazole rings is 2. The quantitative estimate of drug-likeness (QED) is 0.0773. The molecule has 0 atom stereocenters. The van der Waals surface area contributed by atoms with Crippen molar-refractivity contribution in [2.75, 3.05) is 7.15 Å². The van der Waals surface area contributed by atoms with Crippen LogP contribution in [0.3, 0.4) is 0 Å². The molecule has 5 aromatic rings. The number of ether oxygens (including phenoxy) is 1. The third kappa shape index (κ3) is 11.3. The molecule has 0 unspecified atom stereocenters. The average molecular weight is 830 g/mol.